The first-order chi connectivity index (χ1) is 11.4. The smallest absolute Gasteiger partial charge is 0.0264 e. The van der Waals surface area contributed by atoms with Gasteiger partial charge in [-0.1, -0.05) is 41.0 Å². The zero-order chi connectivity index (χ0) is 17.1. The molecule has 0 heteroatoms. The van der Waals surface area contributed by atoms with E-state index >= 15 is 0 Å². The van der Waals surface area contributed by atoms with Crippen LogP contribution in [0.15, 0.2) is 0 Å². The van der Waals surface area contributed by atoms with Gasteiger partial charge in [-0.25, -0.2) is 0 Å². The molecule has 0 amide bonds. The van der Waals surface area contributed by atoms with Crippen molar-refractivity contribution >= 4 is 0 Å². The molecule has 4 fully saturated rings. The molecule has 0 aliphatic heterocycles. The van der Waals surface area contributed by atoms with E-state index in [4.69, 9.17) is 0 Å². The highest BCUT2D eigenvalue weighted by Crippen LogP contribution is 2.66. The lowest BCUT2D eigenvalue weighted by Crippen LogP contribution is -2.49. The maximum Gasteiger partial charge on any atom is -0.0264 e. The summed E-state index contributed by atoms with van der Waals surface area (Å²) < 4.78 is 0. The molecule has 0 N–H and O–H groups in total. The van der Waals surface area contributed by atoms with Gasteiger partial charge in [0.1, 0.15) is 0 Å². The van der Waals surface area contributed by atoms with Gasteiger partial charge in [0.05, 0.1) is 0 Å². The molecule has 0 saturated heterocycles. The maximum absolute atomic E-state index is 2.72. The Bertz CT molecular complexity index is 463. The number of fused-ring (bicyclic) bond motifs is 5. The van der Waals surface area contributed by atoms with Crippen LogP contribution in [0.1, 0.15) is 98.8 Å². The van der Waals surface area contributed by atoms with Gasteiger partial charge in [0.15, 0.2) is 0 Å². The Morgan fingerprint density at radius 2 is 1.58 bits per heavy atom. The molecule has 0 radical (unpaired) electrons. The van der Waals surface area contributed by atoms with Crippen molar-refractivity contribution in [2.24, 2.45) is 52.3 Å². The molecule has 6 unspecified atom stereocenters. The molecule has 4 aliphatic rings. The fourth-order valence-corrected chi connectivity index (χ4v) is 8.57. The quantitative estimate of drug-likeness (QED) is 0.497. The average molecular weight is 331 g/mol. The van der Waals surface area contributed by atoms with Crippen LogP contribution in [0.3, 0.4) is 0 Å². The van der Waals surface area contributed by atoms with Crippen molar-refractivity contribution in [1.29, 1.82) is 0 Å². The van der Waals surface area contributed by atoms with Gasteiger partial charge in [-0.15, -0.1) is 0 Å². The molecular weight excluding hydrogens is 288 g/mol. The zero-order valence-corrected chi connectivity index (χ0v) is 17.1. The van der Waals surface area contributed by atoms with Crippen molar-refractivity contribution in [3.05, 3.63) is 0 Å². The van der Waals surface area contributed by atoms with Gasteiger partial charge < -0.3 is 0 Å². The third kappa shape index (κ3) is 2.61. The Hall–Kier alpha value is 0. The van der Waals surface area contributed by atoms with Crippen molar-refractivity contribution in [3.8, 4) is 0 Å². The van der Waals surface area contributed by atoms with Crippen molar-refractivity contribution in [1.82, 2.24) is 0 Å². The summed E-state index contributed by atoms with van der Waals surface area (Å²) in [5.74, 6) is 7.43. The minimum Gasteiger partial charge on any atom is -0.0651 e. The van der Waals surface area contributed by atoms with Crippen LogP contribution >= 0.6 is 0 Å². The summed E-state index contributed by atoms with van der Waals surface area (Å²) in [7, 11) is 0. The van der Waals surface area contributed by atoms with Crippen LogP contribution in [0.5, 0.6) is 0 Å². The Balaban J connectivity index is 1.53. The molecule has 0 aromatic rings. The summed E-state index contributed by atoms with van der Waals surface area (Å²) in [5, 5.41) is 0. The topological polar surface area (TPSA) is 0 Å². The lowest BCUT2D eigenvalue weighted by Gasteiger charge is -2.57. The molecule has 8 atom stereocenters. The van der Waals surface area contributed by atoms with Crippen LogP contribution in [0.4, 0.5) is 0 Å². The fraction of sp³-hybridized carbons (Fsp3) is 1.00. The molecule has 4 rings (SSSR count). The van der Waals surface area contributed by atoms with Crippen LogP contribution in [0.25, 0.3) is 0 Å². The normalized spacial score (nSPS) is 51.4. The Kier molecular flexibility index (Phi) is 4.37. The Morgan fingerprint density at radius 3 is 2.33 bits per heavy atom. The average Bonchev–Trinajstić information content (AvgIpc) is 2.90. The monoisotopic (exact) mass is 330 g/mol. The summed E-state index contributed by atoms with van der Waals surface area (Å²) in [4.78, 5) is 0. The summed E-state index contributed by atoms with van der Waals surface area (Å²) in [5.41, 5.74) is 1.32. The molecule has 0 aromatic carbocycles. The van der Waals surface area contributed by atoms with Crippen LogP contribution in [0, 0.1) is 52.3 Å². The highest BCUT2D eigenvalue weighted by molar-refractivity contribution is 5.07. The van der Waals surface area contributed by atoms with E-state index in [1.807, 2.05) is 0 Å². The largest absolute Gasteiger partial charge is 0.0651 e. The molecule has 0 bridgehead atoms. The summed E-state index contributed by atoms with van der Waals surface area (Å²) in [6.45, 7) is 12.7. The van der Waals surface area contributed by atoms with Gasteiger partial charge in [0, 0.05) is 0 Å². The lowest BCUT2D eigenvalue weighted by atomic mass is 9.48. The van der Waals surface area contributed by atoms with E-state index in [0.717, 1.165) is 41.4 Å². The van der Waals surface area contributed by atoms with E-state index < -0.39 is 0 Å². The molecule has 138 valence electrons. The van der Waals surface area contributed by atoms with Gasteiger partial charge in [-0.05, 0) is 110 Å². The minimum absolute atomic E-state index is 0.631. The van der Waals surface area contributed by atoms with Crippen molar-refractivity contribution in [2.45, 2.75) is 98.8 Å². The standard InChI is InChI=1S/C24H42/c1-6-16(2)21-9-10-22-20-8-7-17-15-23(3,4)13-11-18(17)19(20)12-14-24(21,22)5/h16-22H,6-15H2,1-5H3/t16?,17?,18?,19-,20?,21?,22+,24?/m1/s1. The van der Waals surface area contributed by atoms with E-state index in [1.54, 1.807) is 44.9 Å². The SMILES string of the molecule is CCC(C)C1CC[C@H]2C3CCC4CC(C)(C)CCC4[C@H]3CCC12C. The van der Waals surface area contributed by atoms with Gasteiger partial charge in [-0.2, -0.15) is 0 Å². The number of hydrogen-bond acceptors (Lipinski definition) is 0. The van der Waals surface area contributed by atoms with Crippen LogP contribution in [0.2, 0.25) is 0 Å². The summed E-state index contributed by atoms with van der Waals surface area (Å²) in [6.07, 6.45) is 15.3. The van der Waals surface area contributed by atoms with E-state index in [1.165, 1.54) is 19.3 Å². The Labute approximate surface area is 151 Å². The van der Waals surface area contributed by atoms with Crippen molar-refractivity contribution in [3.63, 3.8) is 0 Å². The first-order valence-electron chi connectivity index (χ1n) is 11.4. The van der Waals surface area contributed by atoms with Gasteiger partial charge >= 0.3 is 0 Å². The maximum atomic E-state index is 2.72. The van der Waals surface area contributed by atoms with E-state index in [0.29, 0.717) is 10.8 Å². The third-order valence-corrected chi connectivity index (χ3v) is 9.89. The second-order valence-corrected chi connectivity index (χ2v) is 11.5. The predicted molar refractivity (Wildman–Crippen MR) is 104 cm³/mol. The molecule has 24 heavy (non-hydrogen) atoms. The predicted octanol–water partition coefficient (Wildman–Crippen LogP) is 7.33. The van der Waals surface area contributed by atoms with E-state index in [-0.39, 0.29) is 0 Å². The van der Waals surface area contributed by atoms with Crippen LogP contribution in [-0.4, -0.2) is 0 Å². The van der Waals surface area contributed by atoms with Crippen molar-refractivity contribution in [2.75, 3.05) is 0 Å². The first kappa shape index (κ1) is 17.4. The fourth-order valence-electron chi connectivity index (χ4n) is 8.57. The van der Waals surface area contributed by atoms with E-state index in [9.17, 15) is 0 Å². The van der Waals surface area contributed by atoms with Crippen molar-refractivity contribution < 1.29 is 0 Å². The summed E-state index contributed by atoms with van der Waals surface area (Å²) in [6, 6.07) is 0. The molecule has 0 heterocycles. The van der Waals surface area contributed by atoms with Gasteiger partial charge in [0.2, 0.25) is 0 Å². The number of hydrogen-bond donors (Lipinski definition) is 0. The minimum atomic E-state index is 0.631. The number of rotatable bonds is 2. The summed E-state index contributed by atoms with van der Waals surface area (Å²) >= 11 is 0. The highest BCUT2D eigenvalue weighted by Gasteiger charge is 2.57. The van der Waals surface area contributed by atoms with Gasteiger partial charge in [-0.3, -0.25) is 0 Å². The molecule has 4 aliphatic carbocycles. The molecule has 4 saturated carbocycles. The van der Waals surface area contributed by atoms with Crippen LogP contribution in [-0.2, 0) is 0 Å². The third-order valence-electron chi connectivity index (χ3n) is 9.89. The van der Waals surface area contributed by atoms with Crippen LogP contribution < -0.4 is 0 Å². The highest BCUT2D eigenvalue weighted by atomic mass is 14.6. The Morgan fingerprint density at radius 1 is 0.833 bits per heavy atom. The second-order valence-electron chi connectivity index (χ2n) is 11.5. The lowest BCUT2D eigenvalue weighted by molar-refractivity contribution is -0.0809. The first-order valence-corrected chi connectivity index (χ1v) is 11.4. The molecule has 0 nitrogen and oxygen atoms in total. The zero-order valence-electron chi connectivity index (χ0n) is 17.1. The van der Waals surface area contributed by atoms with E-state index in [2.05, 4.69) is 34.6 Å². The molecule has 0 aromatic heterocycles. The second kappa shape index (κ2) is 6.02. The molecular formula is C24H42. The van der Waals surface area contributed by atoms with Gasteiger partial charge in [0.25, 0.3) is 0 Å². The molecule has 0 spiro atoms.